The molecule has 1 radical (unpaired) electrons. The van der Waals surface area contributed by atoms with Gasteiger partial charge in [0.1, 0.15) is 11.7 Å². The number of fused-ring (bicyclic) bond motifs is 5. The Kier molecular flexibility index (Phi) is 7.53. The smallest absolute Gasteiger partial charge is 0.174 e. The first-order valence-electron chi connectivity index (χ1n) is 10.5. The molecule has 0 spiro atoms. The molecule has 4 N–H and O–H groups in total. The normalized spacial score (nSPS) is 50.6. The molecule has 3 fully saturated rings. The molecule has 2 bridgehead atoms. The van der Waals surface area contributed by atoms with Gasteiger partial charge >= 0.3 is 0 Å². The van der Waals surface area contributed by atoms with E-state index in [-0.39, 0.29) is 76.7 Å². The van der Waals surface area contributed by atoms with Crippen molar-refractivity contribution in [2.75, 3.05) is 13.7 Å². The summed E-state index contributed by atoms with van der Waals surface area (Å²) in [5, 5.41) is 45.5. The van der Waals surface area contributed by atoms with Crippen molar-refractivity contribution in [1.29, 1.82) is 0 Å². The second kappa shape index (κ2) is 8.38. The van der Waals surface area contributed by atoms with Crippen LogP contribution in [0.25, 0.3) is 0 Å². The van der Waals surface area contributed by atoms with E-state index in [0.29, 0.717) is 11.1 Å². The van der Waals surface area contributed by atoms with E-state index in [2.05, 4.69) is 0 Å². The van der Waals surface area contributed by atoms with Crippen molar-refractivity contribution < 1.29 is 78.8 Å². The summed E-state index contributed by atoms with van der Waals surface area (Å²) in [5.74, 6) is -1.66. The Morgan fingerprint density at radius 2 is 1.74 bits per heavy atom. The van der Waals surface area contributed by atoms with Gasteiger partial charge in [0.2, 0.25) is 0 Å². The van der Waals surface area contributed by atoms with E-state index in [9.17, 15) is 25.2 Å². The predicted octanol–water partition coefficient (Wildman–Crippen LogP) is 1.21. The Hall–Kier alpha value is 0.612. The largest absolute Gasteiger partial charge is 0.392 e. The molecule has 2 saturated carbocycles. The summed E-state index contributed by atoms with van der Waals surface area (Å²) < 4.78 is 11.2. The van der Waals surface area contributed by atoms with Crippen LogP contribution in [0.1, 0.15) is 54.9 Å². The average Bonchev–Trinajstić information content (AvgIpc) is 2.64. The molecule has 6 unspecified atom stereocenters. The van der Waals surface area contributed by atoms with Gasteiger partial charge in [-0.15, -0.1) is 0 Å². The van der Waals surface area contributed by atoms with Crippen molar-refractivity contribution >= 4 is 5.78 Å². The van der Waals surface area contributed by atoms with Crippen LogP contribution in [0.3, 0.4) is 0 Å². The van der Waals surface area contributed by atoms with Crippen LogP contribution < -0.4 is 0 Å². The number of Topliss-reactive ketones (excluding diaryl/α,β-unsaturated/α-hetero) is 1. The summed E-state index contributed by atoms with van der Waals surface area (Å²) in [6, 6.07) is 0. The first kappa shape index (κ1) is 27.9. The van der Waals surface area contributed by atoms with E-state index in [0.717, 1.165) is 0 Å². The molecular weight excluding hydrogens is 615 g/mol. The second-order valence-corrected chi connectivity index (χ2v) is 10.4. The molecule has 1 aliphatic heterocycles. The number of hydrogen-bond donors (Lipinski definition) is 4. The molecule has 4 rings (SSSR count). The fraction of sp³-hybridized carbons (Fsp3) is 0.870. The zero-order valence-corrected chi connectivity index (χ0v) is 23.4. The molecule has 4 aliphatic rings. The van der Waals surface area contributed by atoms with Gasteiger partial charge in [0.25, 0.3) is 0 Å². The van der Waals surface area contributed by atoms with Crippen molar-refractivity contribution in [3.05, 3.63) is 11.1 Å². The molecular formula is C23H38AcO7. The minimum atomic E-state index is -1.42. The summed E-state index contributed by atoms with van der Waals surface area (Å²) >= 11 is 0. The predicted molar refractivity (Wildman–Crippen MR) is 111 cm³/mol. The summed E-state index contributed by atoms with van der Waals surface area (Å²) in [6.07, 6.45) is -3.32. The van der Waals surface area contributed by atoms with E-state index in [1.165, 1.54) is 7.11 Å². The van der Waals surface area contributed by atoms with Gasteiger partial charge in [0.15, 0.2) is 5.78 Å². The van der Waals surface area contributed by atoms with Crippen LogP contribution in [0.15, 0.2) is 11.1 Å². The van der Waals surface area contributed by atoms with Gasteiger partial charge in [-0.3, -0.25) is 4.79 Å². The van der Waals surface area contributed by atoms with Crippen LogP contribution >= 0.6 is 0 Å². The Bertz CT molecular complexity index is 782. The summed E-state index contributed by atoms with van der Waals surface area (Å²) in [5.41, 5.74) is -3.75. The maximum absolute atomic E-state index is 14.0. The van der Waals surface area contributed by atoms with E-state index >= 15 is 0 Å². The monoisotopic (exact) mass is 653 g/mol. The molecule has 7 nitrogen and oxygen atoms in total. The second-order valence-electron chi connectivity index (χ2n) is 10.4. The fourth-order valence-electron chi connectivity index (χ4n) is 7.19. The number of ether oxygens (including phenoxy) is 2. The number of methoxy groups -OCH3 is 1. The van der Waals surface area contributed by atoms with E-state index in [4.69, 9.17) is 9.47 Å². The van der Waals surface area contributed by atoms with Crippen molar-refractivity contribution in [3.8, 4) is 0 Å². The van der Waals surface area contributed by atoms with E-state index in [1.807, 2.05) is 20.8 Å². The van der Waals surface area contributed by atoms with Crippen LogP contribution in [0.5, 0.6) is 0 Å². The SMILES string of the molecule is C.COC1C(=O)[C@]2(C)C(O)CC3OC[C@@]3(O)C2[C@H](C)C2(O)CC(O)C(C)=C1C2(C)C.[Ac]. The van der Waals surface area contributed by atoms with Gasteiger partial charge < -0.3 is 29.9 Å². The maximum atomic E-state index is 14.0. The Morgan fingerprint density at radius 1 is 1.16 bits per heavy atom. The van der Waals surface area contributed by atoms with Gasteiger partial charge in [-0.2, -0.15) is 0 Å². The van der Waals surface area contributed by atoms with Gasteiger partial charge in [-0.25, -0.2) is 0 Å². The number of carbonyl (C=O) groups is 1. The Morgan fingerprint density at radius 3 is 2.23 bits per heavy atom. The number of hydrogen-bond acceptors (Lipinski definition) is 7. The first-order chi connectivity index (χ1) is 13.3. The maximum Gasteiger partial charge on any atom is 0.174 e. The molecule has 0 amide bonds. The van der Waals surface area contributed by atoms with Crippen LogP contribution in [0.2, 0.25) is 0 Å². The third-order valence-corrected chi connectivity index (χ3v) is 9.09. The Labute approximate surface area is 221 Å². The minimum absolute atomic E-state index is 0. The molecule has 8 heteroatoms. The van der Waals surface area contributed by atoms with Crippen LogP contribution in [0, 0.1) is 66.7 Å². The summed E-state index contributed by atoms with van der Waals surface area (Å²) in [7, 11) is 1.43. The molecule has 9 atom stereocenters. The van der Waals surface area contributed by atoms with Gasteiger partial charge in [0, 0.05) is 75.3 Å². The van der Waals surface area contributed by atoms with Crippen LogP contribution in [0.4, 0.5) is 0 Å². The minimum Gasteiger partial charge on any atom is -0.392 e. The number of ketones is 1. The van der Waals surface area contributed by atoms with Crippen molar-refractivity contribution in [2.45, 2.75) is 90.5 Å². The first-order valence-corrected chi connectivity index (χ1v) is 10.5. The van der Waals surface area contributed by atoms with E-state index < -0.39 is 58.3 Å². The average molecular weight is 654 g/mol. The quantitative estimate of drug-likeness (QED) is 0.315. The van der Waals surface area contributed by atoms with Crippen molar-refractivity contribution in [3.63, 3.8) is 0 Å². The third kappa shape index (κ3) is 3.19. The van der Waals surface area contributed by atoms with Crippen LogP contribution in [-0.2, 0) is 14.3 Å². The molecule has 1 saturated heterocycles. The Balaban J connectivity index is 0.00000171. The number of aliphatic hydroxyl groups is 4. The topological polar surface area (TPSA) is 116 Å². The fourth-order valence-corrected chi connectivity index (χ4v) is 7.19. The number of carbonyl (C=O) groups excluding carboxylic acids is 1. The molecule has 175 valence electrons. The molecule has 31 heavy (non-hydrogen) atoms. The standard InChI is InChI=1S/C22H34O7.CH4.Ac/c1-10-12(23)8-22(27)11(2)17-20(5,13(24)7-14-21(17,26)9-29-14)18(25)16(28-6)15(10)19(22,3)4;;/h11-14,16-17,23-24,26-27H,7-9H2,1-6H3;1H4;/t11-,12?,13?,14?,16?,17?,20+,21-,22?;;/m0../s1. The van der Waals surface area contributed by atoms with Crippen LogP contribution in [-0.4, -0.2) is 75.5 Å². The zero-order chi connectivity index (χ0) is 21.7. The van der Waals surface area contributed by atoms with Gasteiger partial charge in [-0.05, 0) is 30.9 Å². The molecule has 0 aromatic heterocycles. The van der Waals surface area contributed by atoms with Crippen molar-refractivity contribution in [1.82, 2.24) is 0 Å². The van der Waals surface area contributed by atoms with Gasteiger partial charge in [0.05, 0.1) is 35.9 Å². The summed E-state index contributed by atoms with van der Waals surface area (Å²) in [6.45, 7) is 9.07. The molecule has 0 aromatic rings. The molecule has 1 heterocycles. The van der Waals surface area contributed by atoms with E-state index in [1.54, 1.807) is 13.8 Å². The zero-order valence-electron chi connectivity index (χ0n) is 18.7. The summed E-state index contributed by atoms with van der Waals surface area (Å²) in [4.78, 5) is 14.0. The third-order valence-electron chi connectivity index (χ3n) is 9.09. The molecule has 0 aromatic carbocycles. The molecule has 3 aliphatic carbocycles. The van der Waals surface area contributed by atoms with Gasteiger partial charge in [-0.1, -0.05) is 28.2 Å². The van der Waals surface area contributed by atoms with Crippen molar-refractivity contribution in [2.24, 2.45) is 22.7 Å². The number of aliphatic hydroxyl groups excluding tert-OH is 2. The number of rotatable bonds is 1.